The number of rotatable bonds is 3. The molecule has 0 saturated carbocycles. The van der Waals surface area contributed by atoms with Gasteiger partial charge in [-0.25, -0.2) is 0 Å². The van der Waals surface area contributed by atoms with Gasteiger partial charge in [0.05, 0.1) is 12.1 Å². The van der Waals surface area contributed by atoms with Gasteiger partial charge in [-0.3, -0.25) is 4.79 Å². The molecule has 1 heterocycles. The topological polar surface area (TPSA) is 26.3 Å². The summed E-state index contributed by atoms with van der Waals surface area (Å²) in [6.45, 7) is 0. The first-order chi connectivity index (χ1) is 9.70. The number of ketones is 1. The third-order valence-electron chi connectivity index (χ3n) is 3.80. The summed E-state index contributed by atoms with van der Waals surface area (Å²) in [6.07, 6.45) is 3.10. The molecule has 0 amide bonds. The Kier molecular flexibility index (Phi) is 3.81. The number of aryl methyl sites for hydroxylation is 1. The van der Waals surface area contributed by atoms with E-state index in [4.69, 9.17) is 16.3 Å². The summed E-state index contributed by atoms with van der Waals surface area (Å²) in [5, 5.41) is 2.61. The zero-order valence-electron chi connectivity index (χ0n) is 11.2. The number of methoxy groups -OCH3 is 1. The number of hydrogen-bond donors (Lipinski definition) is 0. The Morgan fingerprint density at radius 1 is 1.40 bits per heavy atom. The van der Waals surface area contributed by atoms with E-state index in [1.54, 1.807) is 36.6 Å². The van der Waals surface area contributed by atoms with E-state index in [0.717, 1.165) is 19.3 Å². The lowest BCUT2D eigenvalue weighted by Gasteiger charge is -2.21. The molecular weight excluding hydrogens is 292 g/mol. The van der Waals surface area contributed by atoms with E-state index in [9.17, 15) is 4.79 Å². The molecule has 0 fully saturated rings. The number of benzene rings is 1. The Labute approximate surface area is 127 Å². The second kappa shape index (κ2) is 5.58. The maximum absolute atomic E-state index is 12.7. The highest BCUT2D eigenvalue weighted by Gasteiger charge is 2.28. The number of Topliss-reactive ketones (excluding diaryl/α,β-unsaturated/α-hetero) is 1. The van der Waals surface area contributed by atoms with Crippen LogP contribution in [-0.2, 0) is 6.42 Å². The number of thiophene rings is 1. The Morgan fingerprint density at radius 3 is 3.05 bits per heavy atom. The van der Waals surface area contributed by atoms with E-state index in [1.807, 2.05) is 0 Å². The van der Waals surface area contributed by atoms with E-state index in [0.29, 0.717) is 16.3 Å². The minimum atomic E-state index is -0.0177. The van der Waals surface area contributed by atoms with Gasteiger partial charge in [0, 0.05) is 16.4 Å². The molecule has 1 aliphatic carbocycles. The SMILES string of the molecule is COc1cc(C(=O)C2CCCc3sccc32)ccc1Cl. The van der Waals surface area contributed by atoms with Crippen LogP contribution in [0.1, 0.15) is 39.6 Å². The maximum atomic E-state index is 12.7. The van der Waals surface area contributed by atoms with Gasteiger partial charge in [0.2, 0.25) is 0 Å². The number of fused-ring (bicyclic) bond motifs is 1. The molecule has 104 valence electrons. The largest absolute Gasteiger partial charge is 0.495 e. The maximum Gasteiger partial charge on any atom is 0.170 e. The number of hydrogen-bond acceptors (Lipinski definition) is 3. The number of halogens is 1. The van der Waals surface area contributed by atoms with E-state index < -0.39 is 0 Å². The molecule has 0 saturated heterocycles. The second-order valence-corrected chi connectivity index (χ2v) is 6.37. The van der Waals surface area contributed by atoms with Crippen LogP contribution in [0.15, 0.2) is 29.6 Å². The van der Waals surface area contributed by atoms with Crippen LogP contribution < -0.4 is 4.74 Å². The van der Waals surface area contributed by atoms with Crippen molar-refractivity contribution in [3.05, 3.63) is 50.7 Å². The smallest absolute Gasteiger partial charge is 0.170 e. The minimum absolute atomic E-state index is 0.0177. The lowest BCUT2D eigenvalue weighted by atomic mass is 9.82. The molecule has 1 aromatic carbocycles. The molecule has 2 aromatic rings. The molecule has 3 rings (SSSR count). The van der Waals surface area contributed by atoms with E-state index in [2.05, 4.69) is 11.4 Å². The summed E-state index contributed by atoms with van der Waals surface area (Å²) in [6, 6.07) is 7.35. The summed E-state index contributed by atoms with van der Waals surface area (Å²) in [7, 11) is 1.56. The van der Waals surface area contributed by atoms with Crippen LogP contribution in [0.2, 0.25) is 5.02 Å². The van der Waals surface area contributed by atoms with Gasteiger partial charge < -0.3 is 4.74 Å². The molecule has 20 heavy (non-hydrogen) atoms. The highest BCUT2D eigenvalue weighted by Crippen LogP contribution is 2.37. The predicted molar refractivity (Wildman–Crippen MR) is 82.3 cm³/mol. The quantitative estimate of drug-likeness (QED) is 0.767. The molecule has 1 atom stereocenters. The van der Waals surface area contributed by atoms with Crippen LogP contribution in [0.3, 0.4) is 0 Å². The molecule has 0 spiro atoms. The molecule has 1 aromatic heterocycles. The fourth-order valence-corrected chi connectivity index (χ4v) is 3.96. The van der Waals surface area contributed by atoms with E-state index in [1.165, 1.54) is 10.4 Å². The minimum Gasteiger partial charge on any atom is -0.495 e. The van der Waals surface area contributed by atoms with Crippen molar-refractivity contribution in [2.45, 2.75) is 25.2 Å². The highest BCUT2D eigenvalue weighted by atomic mass is 35.5. The van der Waals surface area contributed by atoms with Crippen molar-refractivity contribution in [1.29, 1.82) is 0 Å². The van der Waals surface area contributed by atoms with Gasteiger partial charge in [0.15, 0.2) is 5.78 Å². The van der Waals surface area contributed by atoms with Gasteiger partial charge in [0.1, 0.15) is 5.75 Å². The van der Waals surface area contributed by atoms with Gasteiger partial charge in [-0.05, 0) is 54.5 Å². The van der Waals surface area contributed by atoms with Crippen LogP contribution in [0, 0.1) is 0 Å². The predicted octanol–water partition coefficient (Wildman–Crippen LogP) is 4.71. The number of carbonyl (C=O) groups excluding carboxylic acids is 1. The van der Waals surface area contributed by atoms with Crippen molar-refractivity contribution in [2.24, 2.45) is 0 Å². The highest BCUT2D eigenvalue weighted by molar-refractivity contribution is 7.10. The molecule has 0 aliphatic heterocycles. The molecule has 0 N–H and O–H groups in total. The Hall–Kier alpha value is -1.32. The van der Waals surface area contributed by atoms with Crippen LogP contribution in [-0.4, -0.2) is 12.9 Å². The molecule has 1 unspecified atom stereocenters. The standard InChI is InChI=1S/C16H15ClO2S/c1-19-14-9-10(5-6-13(14)17)16(18)12-3-2-4-15-11(12)7-8-20-15/h5-9,12H,2-4H2,1H3. The van der Waals surface area contributed by atoms with Crippen LogP contribution >= 0.6 is 22.9 Å². The van der Waals surface area contributed by atoms with Gasteiger partial charge >= 0.3 is 0 Å². The van der Waals surface area contributed by atoms with Crippen LogP contribution in [0.4, 0.5) is 0 Å². The van der Waals surface area contributed by atoms with Crippen molar-refractivity contribution in [2.75, 3.05) is 7.11 Å². The van der Waals surface area contributed by atoms with E-state index >= 15 is 0 Å². The third-order valence-corrected chi connectivity index (χ3v) is 5.11. The van der Waals surface area contributed by atoms with Crippen LogP contribution in [0.5, 0.6) is 5.75 Å². The van der Waals surface area contributed by atoms with Gasteiger partial charge in [-0.15, -0.1) is 11.3 Å². The Balaban J connectivity index is 1.94. The molecule has 0 bridgehead atoms. The molecule has 1 aliphatic rings. The van der Waals surface area contributed by atoms with Gasteiger partial charge in [0.25, 0.3) is 0 Å². The van der Waals surface area contributed by atoms with Crippen molar-refractivity contribution < 1.29 is 9.53 Å². The number of carbonyl (C=O) groups is 1. The first kappa shape index (κ1) is 13.7. The number of ether oxygens (including phenoxy) is 1. The fourth-order valence-electron chi connectivity index (χ4n) is 2.77. The first-order valence-corrected chi connectivity index (χ1v) is 7.90. The summed E-state index contributed by atoms with van der Waals surface area (Å²) >= 11 is 7.77. The Bertz CT molecular complexity index is 648. The van der Waals surface area contributed by atoms with Crippen molar-refractivity contribution in [3.63, 3.8) is 0 Å². The van der Waals surface area contributed by atoms with Gasteiger partial charge in [-0.2, -0.15) is 0 Å². The lowest BCUT2D eigenvalue weighted by Crippen LogP contribution is -2.17. The lowest BCUT2D eigenvalue weighted by molar-refractivity contribution is 0.0951. The summed E-state index contributed by atoms with van der Waals surface area (Å²) < 4.78 is 5.20. The summed E-state index contributed by atoms with van der Waals surface area (Å²) in [5.41, 5.74) is 1.88. The average Bonchev–Trinajstić information content (AvgIpc) is 2.95. The normalized spacial score (nSPS) is 17.6. The third kappa shape index (κ3) is 2.36. The van der Waals surface area contributed by atoms with Crippen LogP contribution in [0.25, 0.3) is 0 Å². The zero-order chi connectivity index (χ0) is 14.1. The fraction of sp³-hybridized carbons (Fsp3) is 0.312. The van der Waals surface area contributed by atoms with Gasteiger partial charge in [-0.1, -0.05) is 11.6 Å². The first-order valence-electron chi connectivity index (χ1n) is 6.64. The molecule has 2 nitrogen and oxygen atoms in total. The zero-order valence-corrected chi connectivity index (χ0v) is 12.8. The summed E-state index contributed by atoms with van der Waals surface area (Å²) in [4.78, 5) is 14.1. The average molecular weight is 307 g/mol. The molecule has 4 heteroatoms. The molecule has 0 radical (unpaired) electrons. The Morgan fingerprint density at radius 2 is 2.25 bits per heavy atom. The van der Waals surface area contributed by atoms with Crippen molar-refractivity contribution >= 4 is 28.7 Å². The monoisotopic (exact) mass is 306 g/mol. The second-order valence-electron chi connectivity index (χ2n) is 4.96. The van der Waals surface area contributed by atoms with E-state index in [-0.39, 0.29) is 11.7 Å². The summed E-state index contributed by atoms with van der Waals surface area (Å²) in [5.74, 6) is 0.703. The molecular formula is C16H15ClO2S. The van der Waals surface area contributed by atoms with Crippen molar-refractivity contribution in [3.8, 4) is 5.75 Å². The van der Waals surface area contributed by atoms with Crippen molar-refractivity contribution in [1.82, 2.24) is 0 Å².